The van der Waals surface area contributed by atoms with Gasteiger partial charge in [-0.25, -0.2) is 0 Å². The quantitative estimate of drug-likeness (QED) is 0.538. The zero-order chi connectivity index (χ0) is 15.8. The number of hydrogen-bond donors (Lipinski definition) is 1. The molecule has 0 aliphatic rings. The number of alkyl halides is 1. The van der Waals surface area contributed by atoms with Gasteiger partial charge in [-0.3, -0.25) is 9.59 Å². The standard InChI is InChI=1S/C17H24BrNO2/c1-4-7-15(18)16(20)13-8-10-14(11-9-13)19-17(21)12(5-2)6-3/h8-12,15H,4-7H2,1-3H3,(H,19,21). The molecule has 0 spiro atoms. The molecule has 21 heavy (non-hydrogen) atoms. The van der Waals surface area contributed by atoms with Crippen LogP contribution in [0.1, 0.15) is 56.8 Å². The van der Waals surface area contributed by atoms with E-state index in [0.717, 1.165) is 31.4 Å². The smallest absolute Gasteiger partial charge is 0.227 e. The molecule has 3 nitrogen and oxygen atoms in total. The van der Waals surface area contributed by atoms with Gasteiger partial charge in [-0.15, -0.1) is 0 Å². The first-order valence-corrected chi connectivity index (χ1v) is 8.54. The summed E-state index contributed by atoms with van der Waals surface area (Å²) in [7, 11) is 0. The summed E-state index contributed by atoms with van der Waals surface area (Å²) >= 11 is 3.42. The van der Waals surface area contributed by atoms with E-state index in [1.54, 1.807) is 24.3 Å². The fourth-order valence-electron chi connectivity index (χ4n) is 2.19. The Hall–Kier alpha value is -1.16. The van der Waals surface area contributed by atoms with Crippen LogP contribution in [-0.2, 0) is 4.79 Å². The molecule has 1 unspecified atom stereocenters. The monoisotopic (exact) mass is 353 g/mol. The predicted molar refractivity (Wildman–Crippen MR) is 91.1 cm³/mol. The van der Waals surface area contributed by atoms with Crippen molar-refractivity contribution in [2.45, 2.75) is 51.3 Å². The SMILES string of the molecule is CCCC(Br)C(=O)c1ccc(NC(=O)C(CC)CC)cc1. The van der Waals surface area contributed by atoms with E-state index in [0.29, 0.717) is 5.56 Å². The number of anilines is 1. The first kappa shape index (κ1) is 17.9. The Morgan fingerprint density at radius 3 is 2.14 bits per heavy atom. The Morgan fingerprint density at radius 1 is 1.10 bits per heavy atom. The van der Waals surface area contributed by atoms with Gasteiger partial charge in [-0.05, 0) is 43.5 Å². The van der Waals surface area contributed by atoms with Crippen molar-refractivity contribution in [1.82, 2.24) is 0 Å². The summed E-state index contributed by atoms with van der Waals surface area (Å²) in [6, 6.07) is 7.13. The number of benzene rings is 1. The number of carbonyl (C=O) groups is 2. The van der Waals surface area contributed by atoms with Crippen molar-refractivity contribution in [3.8, 4) is 0 Å². The van der Waals surface area contributed by atoms with Gasteiger partial charge in [0.25, 0.3) is 0 Å². The van der Waals surface area contributed by atoms with Crippen LogP contribution in [0.25, 0.3) is 0 Å². The van der Waals surface area contributed by atoms with Gasteiger partial charge in [0.1, 0.15) is 0 Å². The second-order valence-electron chi connectivity index (χ2n) is 5.20. The lowest BCUT2D eigenvalue weighted by atomic mass is 10.0. The summed E-state index contributed by atoms with van der Waals surface area (Å²) in [4.78, 5) is 24.0. The number of amides is 1. The van der Waals surface area contributed by atoms with E-state index in [4.69, 9.17) is 0 Å². The van der Waals surface area contributed by atoms with Crippen LogP contribution in [0.2, 0.25) is 0 Å². The number of carbonyl (C=O) groups excluding carboxylic acids is 2. The number of Topliss-reactive ketones (excluding diaryl/α,β-unsaturated/α-hetero) is 1. The topological polar surface area (TPSA) is 46.2 Å². The van der Waals surface area contributed by atoms with Gasteiger partial charge < -0.3 is 5.32 Å². The molecule has 0 saturated heterocycles. The molecule has 0 saturated carbocycles. The summed E-state index contributed by atoms with van der Waals surface area (Å²) < 4.78 is 0. The molecule has 1 aromatic carbocycles. The average molecular weight is 354 g/mol. The molecule has 0 aromatic heterocycles. The highest BCUT2D eigenvalue weighted by Gasteiger charge is 2.17. The van der Waals surface area contributed by atoms with Crippen molar-refractivity contribution >= 4 is 33.3 Å². The summed E-state index contributed by atoms with van der Waals surface area (Å²) in [5.74, 6) is 0.181. The molecule has 1 amide bonds. The van der Waals surface area contributed by atoms with Crippen LogP contribution in [0.5, 0.6) is 0 Å². The highest BCUT2D eigenvalue weighted by Crippen LogP contribution is 2.18. The van der Waals surface area contributed by atoms with Crippen molar-refractivity contribution in [3.05, 3.63) is 29.8 Å². The lowest BCUT2D eigenvalue weighted by molar-refractivity contribution is -0.120. The first-order valence-electron chi connectivity index (χ1n) is 7.62. The second-order valence-corrected chi connectivity index (χ2v) is 6.31. The maximum Gasteiger partial charge on any atom is 0.227 e. The van der Waals surface area contributed by atoms with Crippen LogP contribution >= 0.6 is 15.9 Å². The van der Waals surface area contributed by atoms with Crippen LogP contribution in [0.4, 0.5) is 5.69 Å². The minimum atomic E-state index is -0.132. The van der Waals surface area contributed by atoms with Crippen molar-refractivity contribution in [2.75, 3.05) is 5.32 Å². The number of ketones is 1. The van der Waals surface area contributed by atoms with E-state index in [-0.39, 0.29) is 22.4 Å². The fraction of sp³-hybridized carbons (Fsp3) is 0.529. The van der Waals surface area contributed by atoms with Crippen molar-refractivity contribution in [3.63, 3.8) is 0 Å². The average Bonchev–Trinajstić information content (AvgIpc) is 2.48. The van der Waals surface area contributed by atoms with Gasteiger partial charge in [0.15, 0.2) is 5.78 Å². The molecule has 0 radical (unpaired) electrons. The van der Waals surface area contributed by atoms with Gasteiger partial charge in [-0.1, -0.05) is 43.1 Å². The number of hydrogen-bond acceptors (Lipinski definition) is 2. The minimum Gasteiger partial charge on any atom is -0.326 e. The maximum atomic E-state index is 12.1. The van der Waals surface area contributed by atoms with Crippen LogP contribution in [0.15, 0.2) is 24.3 Å². The van der Waals surface area contributed by atoms with Crippen LogP contribution < -0.4 is 5.32 Å². The lowest BCUT2D eigenvalue weighted by Gasteiger charge is -2.13. The molecule has 1 N–H and O–H groups in total. The number of rotatable bonds is 8. The molecule has 0 fully saturated rings. The van der Waals surface area contributed by atoms with Crippen LogP contribution in [0.3, 0.4) is 0 Å². The molecule has 1 rings (SSSR count). The van der Waals surface area contributed by atoms with Gasteiger partial charge in [0.2, 0.25) is 5.91 Å². The van der Waals surface area contributed by atoms with Gasteiger partial charge in [0.05, 0.1) is 4.83 Å². The van der Waals surface area contributed by atoms with Gasteiger partial charge >= 0.3 is 0 Å². The zero-order valence-corrected chi connectivity index (χ0v) is 14.6. The minimum absolute atomic E-state index is 0.0442. The Morgan fingerprint density at radius 2 is 1.67 bits per heavy atom. The Bertz CT molecular complexity index is 466. The van der Waals surface area contributed by atoms with E-state index in [1.165, 1.54) is 0 Å². The summed E-state index contributed by atoms with van der Waals surface area (Å²) in [6.45, 7) is 6.08. The van der Waals surface area contributed by atoms with E-state index in [2.05, 4.69) is 28.2 Å². The highest BCUT2D eigenvalue weighted by molar-refractivity contribution is 9.10. The van der Waals surface area contributed by atoms with Crippen molar-refractivity contribution < 1.29 is 9.59 Å². The second kappa shape index (κ2) is 8.98. The molecule has 0 heterocycles. The molecule has 0 aliphatic carbocycles. The van der Waals surface area contributed by atoms with Crippen LogP contribution in [0, 0.1) is 5.92 Å². The number of halogens is 1. The van der Waals surface area contributed by atoms with E-state index >= 15 is 0 Å². The Labute approximate surface area is 135 Å². The summed E-state index contributed by atoms with van der Waals surface area (Å²) in [5.41, 5.74) is 1.41. The highest BCUT2D eigenvalue weighted by atomic mass is 79.9. The largest absolute Gasteiger partial charge is 0.326 e. The number of nitrogens with one attached hydrogen (secondary N) is 1. The maximum absolute atomic E-state index is 12.1. The van der Waals surface area contributed by atoms with Crippen LogP contribution in [-0.4, -0.2) is 16.5 Å². The Kier molecular flexibility index (Phi) is 7.65. The summed E-state index contributed by atoms with van der Waals surface area (Å²) in [6.07, 6.45) is 3.46. The third kappa shape index (κ3) is 5.27. The van der Waals surface area contributed by atoms with E-state index in [1.807, 2.05) is 13.8 Å². The molecule has 0 bridgehead atoms. The van der Waals surface area contributed by atoms with Crippen molar-refractivity contribution in [1.29, 1.82) is 0 Å². The van der Waals surface area contributed by atoms with E-state index < -0.39 is 0 Å². The zero-order valence-electron chi connectivity index (χ0n) is 13.0. The van der Waals surface area contributed by atoms with Crippen molar-refractivity contribution in [2.24, 2.45) is 5.92 Å². The summed E-state index contributed by atoms with van der Waals surface area (Å²) in [5, 5.41) is 2.90. The molecule has 1 atom stereocenters. The molecule has 1 aromatic rings. The molecule has 0 aliphatic heterocycles. The predicted octanol–water partition coefficient (Wildman–Crippen LogP) is 4.81. The molecule has 116 valence electrons. The third-order valence-corrected chi connectivity index (χ3v) is 4.49. The molecule has 4 heteroatoms. The lowest BCUT2D eigenvalue weighted by Crippen LogP contribution is -2.21. The Balaban J connectivity index is 2.70. The van der Waals surface area contributed by atoms with Gasteiger partial charge in [0, 0.05) is 17.2 Å². The first-order chi connectivity index (χ1) is 10.0. The normalized spacial score (nSPS) is 12.2. The molecular weight excluding hydrogens is 330 g/mol. The van der Waals surface area contributed by atoms with Gasteiger partial charge in [-0.2, -0.15) is 0 Å². The van der Waals surface area contributed by atoms with E-state index in [9.17, 15) is 9.59 Å². The molecular formula is C17H24BrNO2. The third-order valence-electron chi connectivity index (χ3n) is 3.62. The fourth-order valence-corrected chi connectivity index (χ4v) is 2.91.